The predicted octanol–water partition coefficient (Wildman–Crippen LogP) is 4.54. The molecule has 2 amide bonds. The number of H-pyrrole nitrogens is 1. The molecule has 0 saturated heterocycles. The third kappa shape index (κ3) is 5.31. The molecule has 0 aliphatic carbocycles. The highest BCUT2D eigenvalue weighted by molar-refractivity contribution is 6.00. The van der Waals surface area contributed by atoms with Crippen molar-refractivity contribution in [3.63, 3.8) is 0 Å². The number of rotatable bonds is 8. The minimum Gasteiger partial charge on any atom is -0.481 e. The second-order valence-electron chi connectivity index (χ2n) is 7.43. The van der Waals surface area contributed by atoms with Crippen molar-refractivity contribution in [2.24, 2.45) is 0 Å². The number of aryl methyl sites for hydroxylation is 1. The Labute approximate surface area is 185 Å². The van der Waals surface area contributed by atoms with Crippen LogP contribution in [-0.4, -0.2) is 28.1 Å². The van der Waals surface area contributed by atoms with Gasteiger partial charge in [-0.2, -0.15) is 5.10 Å². The molecule has 32 heavy (non-hydrogen) atoms. The van der Waals surface area contributed by atoms with Crippen molar-refractivity contribution in [2.45, 2.75) is 25.9 Å². The van der Waals surface area contributed by atoms with Gasteiger partial charge in [-0.3, -0.25) is 14.7 Å². The summed E-state index contributed by atoms with van der Waals surface area (Å²) in [7, 11) is 0. The quantitative estimate of drug-likeness (QED) is 0.384. The van der Waals surface area contributed by atoms with Gasteiger partial charge >= 0.3 is 0 Å². The fourth-order valence-electron chi connectivity index (χ4n) is 3.28. The Hall–Kier alpha value is -4.13. The Morgan fingerprint density at radius 1 is 0.969 bits per heavy atom. The number of anilines is 2. The number of nitrogens with zero attached hydrogens (tertiary/aromatic N) is 1. The summed E-state index contributed by atoms with van der Waals surface area (Å²) in [5.74, 6) is 0.571. The van der Waals surface area contributed by atoms with Gasteiger partial charge < -0.3 is 15.4 Å². The van der Waals surface area contributed by atoms with Gasteiger partial charge in [-0.1, -0.05) is 48.5 Å². The van der Waals surface area contributed by atoms with E-state index in [4.69, 9.17) is 4.74 Å². The van der Waals surface area contributed by atoms with Crippen LogP contribution in [0.3, 0.4) is 0 Å². The van der Waals surface area contributed by atoms with Gasteiger partial charge in [0, 0.05) is 17.5 Å². The van der Waals surface area contributed by atoms with Crippen molar-refractivity contribution in [1.29, 1.82) is 0 Å². The van der Waals surface area contributed by atoms with Crippen LogP contribution in [0.1, 0.15) is 18.9 Å². The van der Waals surface area contributed by atoms with Crippen molar-refractivity contribution >= 4 is 34.2 Å². The zero-order chi connectivity index (χ0) is 22.3. The fraction of sp³-hybridized carbons (Fsp3) is 0.160. The van der Waals surface area contributed by atoms with Gasteiger partial charge in [-0.05, 0) is 49.2 Å². The second kappa shape index (κ2) is 9.78. The largest absolute Gasteiger partial charge is 0.481 e. The maximum Gasteiger partial charge on any atom is 0.265 e. The van der Waals surface area contributed by atoms with Crippen LogP contribution in [0.15, 0.2) is 78.9 Å². The molecular weight excluding hydrogens is 404 g/mol. The van der Waals surface area contributed by atoms with Gasteiger partial charge in [0.25, 0.3) is 5.91 Å². The molecule has 0 bridgehead atoms. The van der Waals surface area contributed by atoms with Crippen molar-refractivity contribution in [1.82, 2.24) is 10.2 Å². The minimum atomic E-state index is -0.705. The summed E-state index contributed by atoms with van der Waals surface area (Å²) in [6.07, 6.45) is 0.298. The van der Waals surface area contributed by atoms with E-state index < -0.39 is 6.10 Å². The van der Waals surface area contributed by atoms with Gasteiger partial charge in [-0.25, -0.2) is 0 Å². The van der Waals surface area contributed by atoms with E-state index in [-0.39, 0.29) is 11.8 Å². The monoisotopic (exact) mass is 428 g/mol. The predicted molar refractivity (Wildman–Crippen MR) is 125 cm³/mol. The first-order chi connectivity index (χ1) is 15.6. The van der Waals surface area contributed by atoms with Crippen LogP contribution < -0.4 is 15.4 Å². The molecule has 1 heterocycles. The van der Waals surface area contributed by atoms with E-state index in [0.717, 1.165) is 11.1 Å². The van der Waals surface area contributed by atoms with Crippen LogP contribution in [0.4, 0.5) is 11.5 Å². The summed E-state index contributed by atoms with van der Waals surface area (Å²) in [5.41, 5.74) is 2.57. The Bertz CT molecular complexity index is 1210. The molecule has 3 N–H and O–H groups in total. The first kappa shape index (κ1) is 21.1. The number of benzene rings is 3. The average Bonchev–Trinajstić information content (AvgIpc) is 3.21. The molecule has 1 atom stereocenters. The molecule has 0 aliphatic heterocycles. The van der Waals surface area contributed by atoms with Gasteiger partial charge in [0.1, 0.15) is 5.75 Å². The minimum absolute atomic E-state index is 0.121. The van der Waals surface area contributed by atoms with Gasteiger partial charge in [0.2, 0.25) is 5.91 Å². The van der Waals surface area contributed by atoms with Crippen molar-refractivity contribution in [2.75, 3.05) is 10.6 Å². The molecule has 0 radical (unpaired) electrons. The van der Waals surface area contributed by atoms with Crippen molar-refractivity contribution < 1.29 is 14.3 Å². The highest BCUT2D eigenvalue weighted by Crippen LogP contribution is 2.26. The highest BCUT2D eigenvalue weighted by atomic mass is 16.5. The molecule has 1 unspecified atom stereocenters. The number of nitrogens with one attached hydrogen (secondary N) is 3. The zero-order valence-electron chi connectivity index (χ0n) is 17.7. The molecule has 0 saturated carbocycles. The molecule has 1 aromatic heterocycles. The fourth-order valence-corrected chi connectivity index (χ4v) is 3.28. The molecule has 0 aliphatic rings. The smallest absolute Gasteiger partial charge is 0.265 e. The van der Waals surface area contributed by atoms with Crippen molar-refractivity contribution in [3.05, 3.63) is 84.4 Å². The van der Waals surface area contributed by atoms with Gasteiger partial charge in [-0.15, -0.1) is 0 Å². The molecular formula is C25H24N4O3. The number of aromatic nitrogens is 2. The van der Waals surface area contributed by atoms with E-state index in [1.165, 1.54) is 0 Å². The van der Waals surface area contributed by atoms with E-state index in [0.29, 0.717) is 35.5 Å². The molecule has 3 aromatic carbocycles. The van der Waals surface area contributed by atoms with E-state index in [1.807, 2.05) is 60.7 Å². The average molecular weight is 428 g/mol. The maximum absolute atomic E-state index is 12.4. The standard InChI is InChI=1S/C25H24N4O3/c1-17(25(31)26-19-10-6-3-7-11-19)32-20-13-14-22-21(16-20)24(29-28-22)27-23(30)15-12-18-8-4-2-5-9-18/h2-11,13-14,16-17H,12,15H2,1H3,(H,26,31)(H2,27,28,29,30). The molecule has 7 heteroatoms. The zero-order valence-corrected chi connectivity index (χ0v) is 17.7. The van der Waals surface area contributed by atoms with Crippen LogP contribution in [0.2, 0.25) is 0 Å². The maximum atomic E-state index is 12.4. The summed E-state index contributed by atoms with van der Waals surface area (Å²) >= 11 is 0. The van der Waals surface area contributed by atoms with Crippen LogP contribution in [0, 0.1) is 0 Å². The van der Waals surface area contributed by atoms with Crippen LogP contribution in [0.5, 0.6) is 5.75 Å². The number of ether oxygens (including phenoxy) is 1. The Morgan fingerprint density at radius 3 is 2.44 bits per heavy atom. The van der Waals surface area contributed by atoms with E-state index in [1.54, 1.807) is 25.1 Å². The van der Waals surface area contributed by atoms with Gasteiger partial charge in [0.05, 0.1) is 5.52 Å². The molecule has 0 spiro atoms. The van der Waals surface area contributed by atoms with Gasteiger partial charge in [0.15, 0.2) is 11.9 Å². The SMILES string of the molecule is CC(Oc1ccc2[nH]nc(NC(=O)CCc3ccccc3)c2c1)C(=O)Nc1ccccc1. The summed E-state index contributed by atoms with van der Waals surface area (Å²) < 4.78 is 5.82. The third-order valence-corrected chi connectivity index (χ3v) is 5.00. The van der Waals surface area contributed by atoms with Crippen molar-refractivity contribution in [3.8, 4) is 5.75 Å². The third-order valence-electron chi connectivity index (χ3n) is 5.00. The first-order valence-corrected chi connectivity index (χ1v) is 10.4. The summed E-state index contributed by atoms with van der Waals surface area (Å²) in [5, 5.41) is 13.5. The lowest BCUT2D eigenvalue weighted by atomic mass is 10.1. The highest BCUT2D eigenvalue weighted by Gasteiger charge is 2.16. The van der Waals surface area contributed by atoms with E-state index >= 15 is 0 Å². The molecule has 4 rings (SSSR count). The second-order valence-corrected chi connectivity index (χ2v) is 7.43. The number of fused-ring (bicyclic) bond motifs is 1. The van der Waals surface area contributed by atoms with E-state index in [9.17, 15) is 9.59 Å². The lowest BCUT2D eigenvalue weighted by Crippen LogP contribution is -2.30. The number of hydrogen-bond acceptors (Lipinski definition) is 4. The van der Waals surface area contributed by atoms with E-state index in [2.05, 4.69) is 20.8 Å². The number of para-hydroxylation sites is 1. The number of amides is 2. The number of aromatic amines is 1. The molecule has 4 aromatic rings. The number of carbonyl (C=O) groups excluding carboxylic acids is 2. The molecule has 7 nitrogen and oxygen atoms in total. The Balaban J connectivity index is 1.39. The summed E-state index contributed by atoms with van der Waals surface area (Å²) in [6.45, 7) is 1.68. The molecule has 0 fully saturated rings. The molecule has 162 valence electrons. The number of carbonyl (C=O) groups is 2. The summed E-state index contributed by atoms with van der Waals surface area (Å²) in [6, 6.07) is 24.4. The first-order valence-electron chi connectivity index (χ1n) is 10.4. The topological polar surface area (TPSA) is 96.1 Å². The number of hydrogen-bond donors (Lipinski definition) is 3. The summed E-state index contributed by atoms with van der Waals surface area (Å²) in [4.78, 5) is 24.8. The Morgan fingerprint density at radius 2 is 1.69 bits per heavy atom. The van der Waals surface area contributed by atoms with Crippen LogP contribution in [0.25, 0.3) is 10.9 Å². The Kier molecular flexibility index (Phi) is 6.46. The normalized spacial score (nSPS) is 11.7. The van der Waals surface area contributed by atoms with Crippen LogP contribution >= 0.6 is 0 Å². The lowest BCUT2D eigenvalue weighted by Gasteiger charge is -2.15. The lowest BCUT2D eigenvalue weighted by molar-refractivity contribution is -0.122. The van der Waals surface area contributed by atoms with Crippen LogP contribution in [-0.2, 0) is 16.0 Å².